The van der Waals surface area contributed by atoms with Gasteiger partial charge in [0.05, 0.1) is 13.2 Å². The van der Waals surface area contributed by atoms with Gasteiger partial charge in [0.15, 0.2) is 11.5 Å². The number of hydrogen-bond donors (Lipinski definition) is 4. The third kappa shape index (κ3) is 13.9. The number of carboxylic acids is 2. The Kier molecular flexibility index (Phi) is 19.3. The number of nitrogens with two attached hydrogens (primary N) is 1. The molecule has 2 rings (SSSR count). The van der Waals surface area contributed by atoms with Gasteiger partial charge in [-0.2, -0.15) is 0 Å². The molecule has 2 aromatic rings. The fourth-order valence-electron chi connectivity index (χ4n) is 5.77. The van der Waals surface area contributed by atoms with Crippen molar-refractivity contribution in [1.82, 2.24) is 4.98 Å². The Bertz CT molecular complexity index is 1240. The van der Waals surface area contributed by atoms with E-state index in [1.165, 1.54) is 89.9 Å². The predicted octanol–water partition coefficient (Wildman–Crippen LogP) is 9.62. The summed E-state index contributed by atoms with van der Waals surface area (Å²) in [4.78, 5) is 38.9. The average molecular weight is 643 g/mol. The van der Waals surface area contributed by atoms with E-state index in [0.717, 1.165) is 38.5 Å². The SMILES string of the molecule is CCCCCCCCCCCCOc1ccc(-c2c(C(=O)O)c(N)[nH]c(=O)c2C(=O)O)cc1OCCCCCCCCCCCC. The molecule has 0 spiro atoms. The van der Waals surface area contributed by atoms with Crippen molar-refractivity contribution in [3.05, 3.63) is 39.7 Å². The van der Waals surface area contributed by atoms with Gasteiger partial charge in [0.2, 0.25) is 0 Å². The molecule has 1 aromatic carbocycles. The van der Waals surface area contributed by atoms with E-state index in [0.29, 0.717) is 24.7 Å². The van der Waals surface area contributed by atoms with E-state index in [9.17, 15) is 24.6 Å². The minimum absolute atomic E-state index is 0.206. The zero-order valence-corrected chi connectivity index (χ0v) is 28.3. The van der Waals surface area contributed by atoms with Crippen LogP contribution in [0.15, 0.2) is 23.0 Å². The van der Waals surface area contributed by atoms with Crippen molar-refractivity contribution >= 4 is 17.8 Å². The van der Waals surface area contributed by atoms with Crippen LogP contribution in [0.25, 0.3) is 11.1 Å². The fraction of sp³-hybridized carbons (Fsp3) is 0.649. The number of H-pyrrole nitrogens is 1. The molecule has 0 aliphatic rings. The molecule has 9 nitrogen and oxygen atoms in total. The highest BCUT2D eigenvalue weighted by Gasteiger charge is 2.27. The lowest BCUT2D eigenvalue weighted by molar-refractivity contribution is 0.0695. The largest absolute Gasteiger partial charge is 0.490 e. The zero-order valence-electron chi connectivity index (χ0n) is 28.3. The number of benzene rings is 1. The lowest BCUT2D eigenvalue weighted by Gasteiger charge is -2.17. The molecular weight excluding hydrogens is 584 g/mol. The van der Waals surface area contributed by atoms with Crippen molar-refractivity contribution < 1.29 is 29.3 Å². The van der Waals surface area contributed by atoms with E-state index < -0.39 is 34.4 Å². The Morgan fingerprint density at radius 3 is 1.48 bits per heavy atom. The number of anilines is 1. The molecular formula is C37H58N2O7. The van der Waals surface area contributed by atoms with Crippen molar-refractivity contribution in [1.29, 1.82) is 0 Å². The minimum Gasteiger partial charge on any atom is -0.490 e. The summed E-state index contributed by atoms with van der Waals surface area (Å²) in [5, 5.41) is 19.7. The molecule has 1 heterocycles. The first-order valence-electron chi connectivity index (χ1n) is 17.7. The molecule has 0 aliphatic carbocycles. The molecule has 0 bridgehead atoms. The van der Waals surface area contributed by atoms with Crippen LogP contribution in [0, 0.1) is 0 Å². The standard InChI is InChI=1S/C37H58N2O7/c1-3-5-7-9-11-13-15-17-19-21-25-45-29-24-23-28(31-32(36(41)42)34(38)39-35(40)33(31)37(43)44)27-30(29)46-26-22-20-18-16-14-12-10-8-6-4-2/h23-24,27H,3-22,25-26H2,1-2H3,(H,41,42)(H,43,44)(H3,38,39,40). The Labute approximate surface area is 275 Å². The number of aromatic carboxylic acids is 2. The van der Waals surface area contributed by atoms with Gasteiger partial charge in [0.25, 0.3) is 5.56 Å². The molecule has 258 valence electrons. The van der Waals surface area contributed by atoms with Crippen molar-refractivity contribution in [3.63, 3.8) is 0 Å². The smallest absolute Gasteiger partial charge is 0.342 e. The van der Waals surface area contributed by atoms with Crippen LogP contribution in [0.2, 0.25) is 0 Å². The van der Waals surface area contributed by atoms with Gasteiger partial charge in [-0.3, -0.25) is 4.79 Å². The van der Waals surface area contributed by atoms with Gasteiger partial charge in [0, 0.05) is 5.56 Å². The van der Waals surface area contributed by atoms with E-state index in [4.69, 9.17) is 15.2 Å². The lowest BCUT2D eigenvalue weighted by atomic mass is 9.95. The summed E-state index contributed by atoms with van der Waals surface area (Å²) in [7, 11) is 0. The monoisotopic (exact) mass is 642 g/mol. The summed E-state index contributed by atoms with van der Waals surface area (Å²) in [5.74, 6) is -2.52. The van der Waals surface area contributed by atoms with Gasteiger partial charge in [-0.15, -0.1) is 0 Å². The number of hydrogen-bond acceptors (Lipinski definition) is 6. The Morgan fingerprint density at radius 2 is 1.04 bits per heavy atom. The number of aromatic nitrogens is 1. The number of pyridine rings is 1. The van der Waals surface area contributed by atoms with Crippen LogP contribution in [0.4, 0.5) is 5.82 Å². The van der Waals surface area contributed by atoms with E-state index in [1.54, 1.807) is 18.2 Å². The quantitative estimate of drug-likeness (QED) is 0.0703. The summed E-state index contributed by atoms with van der Waals surface area (Å²) >= 11 is 0. The Hall–Kier alpha value is -3.49. The normalized spacial score (nSPS) is 11.1. The molecule has 1 aromatic heterocycles. The molecule has 9 heteroatoms. The molecule has 0 radical (unpaired) electrons. The first-order chi connectivity index (χ1) is 22.3. The highest BCUT2D eigenvalue weighted by atomic mass is 16.5. The van der Waals surface area contributed by atoms with E-state index in [2.05, 4.69) is 18.8 Å². The van der Waals surface area contributed by atoms with Gasteiger partial charge in [0.1, 0.15) is 16.9 Å². The third-order valence-corrected chi connectivity index (χ3v) is 8.42. The van der Waals surface area contributed by atoms with Crippen LogP contribution in [0.1, 0.15) is 163 Å². The topological polar surface area (TPSA) is 152 Å². The first-order valence-corrected chi connectivity index (χ1v) is 17.7. The number of nitrogens with one attached hydrogen (secondary N) is 1. The van der Waals surface area contributed by atoms with Crippen LogP contribution in [0.5, 0.6) is 11.5 Å². The van der Waals surface area contributed by atoms with Crippen LogP contribution < -0.4 is 20.8 Å². The molecule has 0 atom stereocenters. The van der Waals surface area contributed by atoms with E-state index >= 15 is 0 Å². The number of nitrogen functional groups attached to an aromatic ring is 1. The average Bonchev–Trinajstić information content (AvgIpc) is 3.02. The maximum absolute atomic E-state index is 12.5. The maximum atomic E-state index is 12.5. The second-order valence-electron chi connectivity index (χ2n) is 12.3. The number of rotatable bonds is 27. The number of carbonyl (C=O) groups is 2. The summed E-state index contributed by atoms with van der Waals surface area (Å²) in [6, 6.07) is 4.75. The van der Waals surface area contributed by atoms with Gasteiger partial charge >= 0.3 is 11.9 Å². The van der Waals surface area contributed by atoms with Crippen LogP contribution in [-0.4, -0.2) is 40.3 Å². The summed E-state index contributed by atoms with van der Waals surface area (Å²) in [6.45, 7) is 5.40. The highest BCUT2D eigenvalue weighted by Crippen LogP contribution is 2.36. The zero-order chi connectivity index (χ0) is 33.6. The Morgan fingerprint density at radius 1 is 0.630 bits per heavy atom. The number of carboxylic acid groups (broad SMARTS) is 2. The Balaban J connectivity index is 2.07. The number of ether oxygens (including phenoxy) is 2. The maximum Gasteiger partial charge on any atom is 0.342 e. The van der Waals surface area contributed by atoms with Crippen LogP contribution >= 0.6 is 0 Å². The van der Waals surface area contributed by atoms with Crippen molar-refractivity contribution in [2.45, 2.75) is 142 Å². The van der Waals surface area contributed by atoms with Gasteiger partial charge < -0.3 is 30.4 Å². The number of unbranched alkanes of at least 4 members (excludes halogenated alkanes) is 18. The van der Waals surface area contributed by atoms with Crippen LogP contribution in [-0.2, 0) is 0 Å². The van der Waals surface area contributed by atoms with Crippen molar-refractivity contribution in [2.75, 3.05) is 18.9 Å². The molecule has 0 saturated heterocycles. The van der Waals surface area contributed by atoms with E-state index in [-0.39, 0.29) is 11.1 Å². The van der Waals surface area contributed by atoms with Gasteiger partial charge in [-0.05, 0) is 30.5 Å². The predicted molar refractivity (Wildman–Crippen MR) is 186 cm³/mol. The van der Waals surface area contributed by atoms with Crippen molar-refractivity contribution in [3.8, 4) is 22.6 Å². The molecule has 46 heavy (non-hydrogen) atoms. The molecule has 5 N–H and O–H groups in total. The minimum atomic E-state index is -1.55. The molecule has 0 amide bonds. The molecule has 0 saturated carbocycles. The second-order valence-corrected chi connectivity index (χ2v) is 12.3. The summed E-state index contributed by atoms with van der Waals surface area (Å²) in [6.07, 6.45) is 24.1. The highest BCUT2D eigenvalue weighted by molar-refractivity contribution is 6.07. The molecule has 0 aliphatic heterocycles. The summed E-state index contributed by atoms with van der Waals surface area (Å²) < 4.78 is 12.2. The fourth-order valence-corrected chi connectivity index (χ4v) is 5.77. The summed E-state index contributed by atoms with van der Waals surface area (Å²) in [5.41, 5.74) is 3.65. The second kappa shape index (κ2) is 22.9. The lowest BCUT2D eigenvalue weighted by Crippen LogP contribution is -2.24. The van der Waals surface area contributed by atoms with Gasteiger partial charge in [-0.25, -0.2) is 9.59 Å². The number of aromatic amines is 1. The molecule has 0 fully saturated rings. The molecule has 0 unspecified atom stereocenters. The van der Waals surface area contributed by atoms with E-state index in [1.807, 2.05) is 0 Å². The first kappa shape index (κ1) is 38.7. The third-order valence-electron chi connectivity index (χ3n) is 8.42. The van der Waals surface area contributed by atoms with Crippen molar-refractivity contribution in [2.24, 2.45) is 0 Å². The van der Waals surface area contributed by atoms with Crippen LogP contribution in [0.3, 0.4) is 0 Å². The van der Waals surface area contributed by atoms with Gasteiger partial charge in [-0.1, -0.05) is 135 Å².